The van der Waals surface area contributed by atoms with Crippen LogP contribution in [0.5, 0.6) is 0 Å². The average Bonchev–Trinajstić information content (AvgIpc) is 3.02. The van der Waals surface area contributed by atoms with Crippen molar-refractivity contribution in [3.8, 4) is 0 Å². The molecule has 2 N–H and O–H groups in total. The lowest BCUT2D eigenvalue weighted by atomic mass is 9.97. The maximum absolute atomic E-state index is 12.6. The summed E-state index contributed by atoms with van der Waals surface area (Å²) in [7, 11) is 0. The summed E-state index contributed by atoms with van der Waals surface area (Å²) in [5.74, 6) is 0.138. The maximum Gasteiger partial charge on any atom is 0.236 e. The average molecular weight is 280 g/mol. The number of thiocarbonyl (C=S) groups is 1. The van der Waals surface area contributed by atoms with E-state index in [1.54, 1.807) is 11.3 Å². The van der Waals surface area contributed by atoms with Gasteiger partial charge in [0, 0.05) is 11.4 Å². The molecular formula is C13H16N2OS2. The first-order valence-corrected chi connectivity index (χ1v) is 7.52. The lowest BCUT2D eigenvalue weighted by molar-refractivity contribution is -0.137. The van der Waals surface area contributed by atoms with Gasteiger partial charge < -0.3 is 10.6 Å². The van der Waals surface area contributed by atoms with Gasteiger partial charge in [0.15, 0.2) is 0 Å². The third-order valence-corrected chi connectivity index (χ3v) is 5.56. The van der Waals surface area contributed by atoms with Gasteiger partial charge in [-0.15, -0.1) is 11.3 Å². The highest BCUT2D eigenvalue weighted by Crippen LogP contribution is 2.49. The molecule has 1 aliphatic heterocycles. The number of carbonyl (C=O) groups excluding carboxylic acids is 1. The molecule has 1 fully saturated rings. The zero-order valence-electron chi connectivity index (χ0n) is 10.3. The van der Waals surface area contributed by atoms with Crippen LogP contribution in [-0.4, -0.2) is 22.3 Å². The van der Waals surface area contributed by atoms with Crippen LogP contribution in [0.1, 0.15) is 36.2 Å². The molecule has 1 saturated carbocycles. The molecule has 0 radical (unpaired) electrons. The minimum atomic E-state index is -0.517. The van der Waals surface area contributed by atoms with Crippen LogP contribution in [0.15, 0.2) is 11.4 Å². The first kappa shape index (κ1) is 12.1. The normalized spacial score (nSPS) is 24.5. The predicted molar refractivity (Wildman–Crippen MR) is 76.6 cm³/mol. The van der Waals surface area contributed by atoms with Gasteiger partial charge in [-0.05, 0) is 43.2 Å². The smallest absolute Gasteiger partial charge is 0.236 e. The molecule has 0 saturated heterocycles. The quantitative estimate of drug-likeness (QED) is 0.845. The predicted octanol–water partition coefficient (Wildman–Crippen LogP) is 2.26. The van der Waals surface area contributed by atoms with Crippen molar-refractivity contribution in [1.82, 2.24) is 4.90 Å². The monoisotopic (exact) mass is 280 g/mol. The molecule has 1 amide bonds. The number of hydrogen-bond donors (Lipinski definition) is 1. The van der Waals surface area contributed by atoms with Crippen molar-refractivity contribution in [2.75, 3.05) is 6.54 Å². The summed E-state index contributed by atoms with van der Waals surface area (Å²) in [6.07, 6.45) is 2.60. The Hall–Kier alpha value is -0.940. The number of fused-ring (bicyclic) bond motifs is 1. The Morgan fingerprint density at radius 3 is 2.94 bits per heavy atom. The first-order valence-electron chi connectivity index (χ1n) is 6.23. The summed E-state index contributed by atoms with van der Waals surface area (Å²) in [5.41, 5.74) is 6.52. The van der Waals surface area contributed by atoms with E-state index in [0.717, 1.165) is 25.8 Å². The van der Waals surface area contributed by atoms with Gasteiger partial charge in [-0.2, -0.15) is 0 Å². The molecule has 1 aliphatic carbocycles. The lowest BCUT2D eigenvalue weighted by Gasteiger charge is -2.36. The highest BCUT2D eigenvalue weighted by molar-refractivity contribution is 7.80. The van der Waals surface area contributed by atoms with E-state index in [1.807, 2.05) is 4.90 Å². The minimum Gasteiger partial charge on any atom is -0.392 e. The van der Waals surface area contributed by atoms with Crippen molar-refractivity contribution >= 4 is 34.5 Å². The van der Waals surface area contributed by atoms with Crippen LogP contribution >= 0.6 is 23.6 Å². The van der Waals surface area contributed by atoms with Crippen molar-refractivity contribution in [2.45, 2.75) is 32.2 Å². The van der Waals surface area contributed by atoms with E-state index >= 15 is 0 Å². The largest absolute Gasteiger partial charge is 0.392 e. The summed E-state index contributed by atoms with van der Waals surface area (Å²) in [6.45, 7) is 2.89. The van der Waals surface area contributed by atoms with E-state index < -0.39 is 5.41 Å². The number of carbonyl (C=O) groups is 1. The van der Waals surface area contributed by atoms with Crippen molar-refractivity contribution in [3.63, 3.8) is 0 Å². The van der Waals surface area contributed by atoms with Crippen LogP contribution in [0.2, 0.25) is 0 Å². The van der Waals surface area contributed by atoms with Crippen LogP contribution < -0.4 is 5.73 Å². The molecule has 5 heteroatoms. The molecule has 3 rings (SSSR count). The van der Waals surface area contributed by atoms with Gasteiger partial charge in [0.1, 0.15) is 0 Å². The lowest BCUT2D eigenvalue weighted by Crippen LogP contribution is -2.46. The summed E-state index contributed by atoms with van der Waals surface area (Å²) in [6, 6.07) is 2.28. The number of rotatable bonds is 2. The fraction of sp³-hybridized carbons (Fsp3) is 0.538. The van der Waals surface area contributed by atoms with E-state index in [1.165, 1.54) is 10.4 Å². The number of thiophene rings is 1. The van der Waals surface area contributed by atoms with Crippen LogP contribution in [-0.2, 0) is 11.2 Å². The van der Waals surface area contributed by atoms with Crippen molar-refractivity contribution in [3.05, 3.63) is 21.9 Å². The molecule has 1 unspecified atom stereocenters. The van der Waals surface area contributed by atoms with E-state index in [2.05, 4.69) is 18.4 Å². The Balaban J connectivity index is 1.87. The SMILES string of the molecule is CC1c2ccsc2CCN1C(=O)C1(C(N)=S)CC1. The van der Waals surface area contributed by atoms with Gasteiger partial charge in [0.2, 0.25) is 5.91 Å². The molecule has 1 atom stereocenters. The third kappa shape index (κ3) is 1.61. The Morgan fingerprint density at radius 1 is 1.61 bits per heavy atom. The van der Waals surface area contributed by atoms with Gasteiger partial charge in [-0.3, -0.25) is 4.79 Å². The first-order chi connectivity index (χ1) is 8.56. The van der Waals surface area contributed by atoms with Gasteiger partial charge in [0.25, 0.3) is 0 Å². The Labute approximate surface area is 116 Å². The molecular weight excluding hydrogens is 264 g/mol. The summed E-state index contributed by atoms with van der Waals surface area (Å²) in [4.78, 5) is 16.4. The summed E-state index contributed by atoms with van der Waals surface area (Å²) >= 11 is 6.86. The molecule has 0 spiro atoms. The van der Waals surface area contributed by atoms with Crippen LogP contribution in [0, 0.1) is 5.41 Å². The minimum absolute atomic E-state index is 0.138. The molecule has 2 heterocycles. The molecule has 96 valence electrons. The molecule has 3 nitrogen and oxygen atoms in total. The molecule has 18 heavy (non-hydrogen) atoms. The zero-order chi connectivity index (χ0) is 12.9. The Bertz CT molecular complexity index is 519. The van der Waals surface area contributed by atoms with Crippen molar-refractivity contribution in [1.29, 1.82) is 0 Å². The van der Waals surface area contributed by atoms with E-state index in [4.69, 9.17) is 18.0 Å². The molecule has 1 aromatic heterocycles. The van der Waals surface area contributed by atoms with Crippen molar-refractivity contribution < 1.29 is 4.79 Å². The second-order valence-electron chi connectivity index (χ2n) is 5.17. The highest BCUT2D eigenvalue weighted by atomic mass is 32.1. The number of nitrogens with zero attached hydrogens (tertiary/aromatic N) is 1. The van der Waals surface area contributed by atoms with Crippen LogP contribution in [0.3, 0.4) is 0 Å². The van der Waals surface area contributed by atoms with E-state index in [9.17, 15) is 4.79 Å². The summed E-state index contributed by atoms with van der Waals surface area (Å²) in [5, 5.41) is 2.11. The molecule has 2 aliphatic rings. The Kier molecular flexibility index (Phi) is 2.71. The van der Waals surface area contributed by atoms with Crippen LogP contribution in [0.4, 0.5) is 0 Å². The molecule has 0 aromatic carbocycles. The van der Waals surface area contributed by atoms with Gasteiger partial charge in [0.05, 0.1) is 16.4 Å². The third-order valence-electron chi connectivity index (χ3n) is 4.17. The van der Waals surface area contributed by atoms with Gasteiger partial charge >= 0.3 is 0 Å². The number of amides is 1. The zero-order valence-corrected chi connectivity index (χ0v) is 11.9. The van der Waals surface area contributed by atoms with E-state index in [0.29, 0.717) is 4.99 Å². The maximum atomic E-state index is 12.6. The van der Waals surface area contributed by atoms with Gasteiger partial charge in [-0.25, -0.2) is 0 Å². The molecule has 0 bridgehead atoms. The topological polar surface area (TPSA) is 46.3 Å². The van der Waals surface area contributed by atoms with E-state index in [-0.39, 0.29) is 11.9 Å². The summed E-state index contributed by atoms with van der Waals surface area (Å²) < 4.78 is 0. The number of nitrogens with two attached hydrogens (primary N) is 1. The van der Waals surface area contributed by atoms with Crippen molar-refractivity contribution in [2.24, 2.45) is 11.1 Å². The van der Waals surface area contributed by atoms with Crippen LogP contribution in [0.25, 0.3) is 0 Å². The number of hydrogen-bond acceptors (Lipinski definition) is 3. The molecule has 1 aromatic rings. The van der Waals surface area contributed by atoms with Gasteiger partial charge in [-0.1, -0.05) is 12.2 Å². The fourth-order valence-electron chi connectivity index (χ4n) is 2.75. The highest BCUT2D eigenvalue weighted by Gasteiger charge is 2.55. The Morgan fingerprint density at radius 2 is 2.33 bits per heavy atom. The second-order valence-corrected chi connectivity index (χ2v) is 6.61. The second kappa shape index (κ2) is 4.03. The fourth-order valence-corrected chi connectivity index (χ4v) is 4.01. The standard InChI is InChI=1S/C13H16N2OS2/c1-8-9-3-7-18-10(9)2-6-15(8)12(16)13(4-5-13)11(14)17/h3,7-8H,2,4-6H2,1H3,(H2,14,17).